The SMILES string of the molecule is Cn1nccc1-c1cccc(C[C@@H]2C[C@@H](C(=O)NCc3ccc4c(c3)nnn4C)N(C(=O)[C@H](N)CCC(=O)N3CCCC3)C2)c1. The van der Waals surface area contributed by atoms with Crippen LogP contribution in [0.1, 0.15) is 43.2 Å². The summed E-state index contributed by atoms with van der Waals surface area (Å²) in [7, 11) is 3.75. The second kappa shape index (κ2) is 13.2. The minimum absolute atomic E-state index is 0.0396. The first-order valence-electron chi connectivity index (χ1n) is 15.7. The van der Waals surface area contributed by atoms with Gasteiger partial charge < -0.3 is 20.9 Å². The van der Waals surface area contributed by atoms with Gasteiger partial charge in [0.2, 0.25) is 17.7 Å². The average molecular weight is 612 g/mol. The summed E-state index contributed by atoms with van der Waals surface area (Å²) < 4.78 is 3.54. The van der Waals surface area contributed by atoms with Crippen LogP contribution in [0.4, 0.5) is 0 Å². The van der Waals surface area contributed by atoms with E-state index in [1.165, 1.54) is 0 Å². The molecular weight excluding hydrogens is 570 g/mol. The predicted octanol–water partition coefficient (Wildman–Crippen LogP) is 2.17. The summed E-state index contributed by atoms with van der Waals surface area (Å²) in [4.78, 5) is 43.5. The Morgan fingerprint density at radius 1 is 1.02 bits per heavy atom. The number of amides is 3. The zero-order valence-corrected chi connectivity index (χ0v) is 25.9. The van der Waals surface area contributed by atoms with Gasteiger partial charge in [-0.05, 0) is 73.4 Å². The van der Waals surface area contributed by atoms with Crippen molar-refractivity contribution < 1.29 is 14.4 Å². The topological polar surface area (TPSA) is 144 Å². The lowest BCUT2D eigenvalue weighted by Crippen LogP contribution is -2.51. The highest BCUT2D eigenvalue weighted by Gasteiger charge is 2.41. The molecule has 2 aliphatic heterocycles. The number of benzene rings is 2. The largest absolute Gasteiger partial charge is 0.350 e. The van der Waals surface area contributed by atoms with E-state index in [-0.39, 0.29) is 36.5 Å². The highest BCUT2D eigenvalue weighted by Crippen LogP contribution is 2.29. The summed E-state index contributed by atoms with van der Waals surface area (Å²) in [6, 6.07) is 14.6. The Kier molecular flexibility index (Phi) is 8.92. The van der Waals surface area contributed by atoms with E-state index in [1.807, 2.05) is 54.0 Å². The lowest BCUT2D eigenvalue weighted by Gasteiger charge is -2.27. The number of carbonyl (C=O) groups excluding carboxylic acids is 3. The fourth-order valence-corrected chi connectivity index (χ4v) is 6.65. The summed E-state index contributed by atoms with van der Waals surface area (Å²) in [6.45, 7) is 2.26. The van der Waals surface area contributed by atoms with Gasteiger partial charge in [-0.2, -0.15) is 5.10 Å². The number of carbonyl (C=O) groups is 3. The number of likely N-dealkylation sites (tertiary alicyclic amines) is 2. The molecule has 2 saturated heterocycles. The zero-order chi connectivity index (χ0) is 31.5. The Balaban J connectivity index is 1.15. The monoisotopic (exact) mass is 611 g/mol. The summed E-state index contributed by atoms with van der Waals surface area (Å²) in [5, 5.41) is 15.6. The molecule has 236 valence electrons. The van der Waals surface area contributed by atoms with Crippen molar-refractivity contribution in [3.63, 3.8) is 0 Å². The molecule has 12 nitrogen and oxygen atoms in total. The van der Waals surface area contributed by atoms with Gasteiger partial charge in [0.15, 0.2) is 0 Å². The first-order chi connectivity index (χ1) is 21.8. The van der Waals surface area contributed by atoms with Gasteiger partial charge in [-0.3, -0.25) is 19.1 Å². The molecule has 2 fully saturated rings. The molecule has 4 aromatic rings. The molecule has 2 aromatic carbocycles. The lowest BCUT2D eigenvalue weighted by molar-refractivity contribution is -0.140. The quantitative estimate of drug-likeness (QED) is 0.280. The maximum atomic E-state index is 13.7. The third-order valence-electron chi connectivity index (χ3n) is 9.13. The first kappa shape index (κ1) is 30.4. The zero-order valence-electron chi connectivity index (χ0n) is 25.9. The van der Waals surface area contributed by atoms with Gasteiger partial charge in [-0.25, -0.2) is 4.68 Å². The van der Waals surface area contributed by atoms with Crippen LogP contribution in [0.2, 0.25) is 0 Å². The molecule has 0 spiro atoms. The molecule has 2 aliphatic rings. The second-order valence-electron chi connectivity index (χ2n) is 12.3. The fraction of sp³-hybridized carbons (Fsp3) is 0.455. The number of hydrogen-bond donors (Lipinski definition) is 2. The Hall–Kier alpha value is -4.58. The summed E-state index contributed by atoms with van der Waals surface area (Å²) in [6.07, 6.45) is 5.53. The van der Waals surface area contributed by atoms with Crippen LogP contribution < -0.4 is 11.1 Å². The molecule has 0 aliphatic carbocycles. The first-order valence-corrected chi connectivity index (χ1v) is 15.7. The number of nitrogens with zero attached hydrogens (tertiary/aromatic N) is 7. The molecule has 4 heterocycles. The average Bonchev–Trinajstić information content (AvgIpc) is 3.86. The van der Waals surface area contributed by atoms with Crippen LogP contribution in [0.25, 0.3) is 22.3 Å². The number of fused-ring (bicyclic) bond motifs is 1. The molecule has 6 rings (SSSR count). The number of aryl methyl sites for hydroxylation is 2. The van der Waals surface area contributed by atoms with Crippen molar-refractivity contribution in [1.29, 1.82) is 0 Å². The highest BCUT2D eigenvalue weighted by atomic mass is 16.2. The lowest BCUT2D eigenvalue weighted by atomic mass is 9.95. The fourth-order valence-electron chi connectivity index (χ4n) is 6.65. The van der Waals surface area contributed by atoms with Crippen LogP contribution in [-0.2, 0) is 41.4 Å². The van der Waals surface area contributed by atoms with Gasteiger partial charge in [0.25, 0.3) is 0 Å². The van der Waals surface area contributed by atoms with E-state index in [4.69, 9.17) is 5.73 Å². The van der Waals surface area contributed by atoms with Crippen molar-refractivity contribution in [1.82, 2.24) is 39.9 Å². The van der Waals surface area contributed by atoms with E-state index < -0.39 is 12.1 Å². The number of nitrogens with one attached hydrogen (secondary N) is 1. The Morgan fingerprint density at radius 3 is 2.62 bits per heavy atom. The summed E-state index contributed by atoms with van der Waals surface area (Å²) in [5.41, 5.74) is 12.2. The molecule has 12 heteroatoms. The van der Waals surface area contributed by atoms with E-state index >= 15 is 0 Å². The van der Waals surface area contributed by atoms with E-state index in [2.05, 4.69) is 38.9 Å². The molecule has 3 N–H and O–H groups in total. The third kappa shape index (κ3) is 6.75. The van der Waals surface area contributed by atoms with Crippen molar-refractivity contribution >= 4 is 28.8 Å². The Bertz CT molecular complexity index is 1690. The number of hydrogen-bond acceptors (Lipinski definition) is 7. The second-order valence-corrected chi connectivity index (χ2v) is 12.3. The maximum absolute atomic E-state index is 13.7. The van der Waals surface area contributed by atoms with Gasteiger partial charge in [0, 0.05) is 58.5 Å². The highest BCUT2D eigenvalue weighted by molar-refractivity contribution is 5.91. The van der Waals surface area contributed by atoms with E-state index in [0.717, 1.165) is 59.3 Å². The Morgan fingerprint density at radius 2 is 1.84 bits per heavy atom. The van der Waals surface area contributed by atoms with Gasteiger partial charge in [0.1, 0.15) is 11.6 Å². The van der Waals surface area contributed by atoms with Gasteiger partial charge in [-0.15, -0.1) is 5.10 Å². The minimum atomic E-state index is -0.849. The molecule has 3 atom stereocenters. The smallest absolute Gasteiger partial charge is 0.243 e. The van der Waals surface area contributed by atoms with Crippen molar-refractivity contribution in [3.05, 3.63) is 65.9 Å². The Labute approximate surface area is 262 Å². The van der Waals surface area contributed by atoms with Gasteiger partial charge in [0.05, 0.1) is 17.3 Å². The number of nitrogens with two attached hydrogens (primary N) is 1. The summed E-state index contributed by atoms with van der Waals surface area (Å²) in [5.74, 6) is -0.385. The van der Waals surface area contributed by atoms with E-state index in [0.29, 0.717) is 25.9 Å². The molecule has 2 aromatic heterocycles. The van der Waals surface area contributed by atoms with Crippen LogP contribution in [0.15, 0.2) is 54.7 Å². The van der Waals surface area contributed by atoms with Crippen molar-refractivity contribution in [2.75, 3.05) is 19.6 Å². The van der Waals surface area contributed by atoms with Crippen LogP contribution in [0, 0.1) is 5.92 Å². The normalized spacial score (nSPS) is 18.9. The maximum Gasteiger partial charge on any atom is 0.243 e. The number of aromatic nitrogens is 5. The van der Waals surface area contributed by atoms with Crippen LogP contribution >= 0.6 is 0 Å². The van der Waals surface area contributed by atoms with Crippen LogP contribution in [0.5, 0.6) is 0 Å². The van der Waals surface area contributed by atoms with E-state index in [1.54, 1.807) is 15.8 Å². The van der Waals surface area contributed by atoms with Crippen LogP contribution in [0.3, 0.4) is 0 Å². The predicted molar refractivity (Wildman–Crippen MR) is 169 cm³/mol. The van der Waals surface area contributed by atoms with Crippen LogP contribution in [-0.4, -0.2) is 84.0 Å². The van der Waals surface area contributed by atoms with Gasteiger partial charge >= 0.3 is 0 Å². The molecular formula is C33H41N9O3. The van der Waals surface area contributed by atoms with Crippen molar-refractivity contribution in [3.8, 4) is 11.3 Å². The van der Waals surface area contributed by atoms with Crippen molar-refractivity contribution in [2.45, 2.75) is 57.2 Å². The standard InChI is InChI=1S/C33H41N9O3/c1-39-28(12-13-36-39)25-7-5-6-22(17-25)16-24-19-30(32(44)35-20-23-8-10-29-27(18-23)37-38-40(29)2)42(21-24)33(45)26(34)9-11-31(43)41-14-3-4-15-41/h5-8,10,12-13,17-18,24,26,30H,3-4,9,11,14-16,19-21,34H2,1-2H3,(H,35,44)/t24-,26-,30+/m1/s1. The van der Waals surface area contributed by atoms with E-state index in [9.17, 15) is 14.4 Å². The molecule has 3 amide bonds. The molecule has 45 heavy (non-hydrogen) atoms. The van der Waals surface area contributed by atoms with Gasteiger partial charge in [-0.1, -0.05) is 29.5 Å². The molecule has 0 bridgehead atoms. The third-order valence-corrected chi connectivity index (χ3v) is 9.13. The molecule has 0 unspecified atom stereocenters. The molecule has 0 saturated carbocycles. The summed E-state index contributed by atoms with van der Waals surface area (Å²) >= 11 is 0. The minimum Gasteiger partial charge on any atom is -0.350 e. The number of rotatable bonds is 10. The van der Waals surface area contributed by atoms with Crippen molar-refractivity contribution in [2.24, 2.45) is 25.7 Å². The molecule has 0 radical (unpaired) electrons.